The lowest BCUT2D eigenvalue weighted by Gasteiger charge is -2.18. The maximum atomic E-state index is 12.9. The van der Waals surface area contributed by atoms with Crippen LogP contribution in [0.1, 0.15) is 17.5 Å². The van der Waals surface area contributed by atoms with E-state index in [0.29, 0.717) is 30.9 Å². The van der Waals surface area contributed by atoms with Gasteiger partial charge in [0.15, 0.2) is 0 Å². The second kappa shape index (κ2) is 7.43. The van der Waals surface area contributed by atoms with Gasteiger partial charge in [-0.05, 0) is 36.2 Å². The number of nitrogens with zero attached hydrogens (tertiary/aromatic N) is 2. The van der Waals surface area contributed by atoms with Crippen molar-refractivity contribution in [2.24, 2.45) is 0 Å². The molecule has 1 unspecified atom stereocenters. The van der Waals surface area contributed by atoms with Gasteiger partial charge < -0.3 is 4.90 Å². The van der Waals surface area contributed by atoms with E-state index in [2.05, 4.69) is 9.71 Å². The van der Waals surface area contributed by atoms with Crippen LogP contribution >= 0.6 is 0 Å². The van der Waals surface area contributed by atoms with E-state index in [0.717, 1.165) is 12.3 Å². The molecule has 2 heterocycles. The van der Waals surface area contributed by atoms with Gasteiger partial charge in [-0.3, -0.25) is 0 Å². The van der Waals surface area contributed by atoms with Crippen LogP contribution in [0.3, 0.4) is 0 Å². The van der Waals surface area contributed by atoms with Crippen LogP contribution in [0, 0.1) is 5.82 Å². The number of aromatic nitrogens is 1. The number of pyridine rings is 1. The van der Waals surface area contributed by atoms with Crippen LogP contribution in [-0.4, -0.2) is 32.5 Å². The van der Waals surface area contributed by atoms with Gasteiger partial charge in [-0.2, -0.15) is 13.2 Å². The Morgan fingerprint density at radius 2 is 1.85 bits per heavy atom. The van der Waals surface area contributed by atoms with E-state index < -0.39 is 27.6 Å². The second-order valence-corrected chi connectivity index (χ2v) is 8.09. The first-order valence-electron chi connectivity index (χ1n) is 8.15. The van der Waals surface area contributed by atoms with Gasteiger partial charge in [0.25, 0.3) is 0 Å². The average molecular weight is 403 g/mol. The zero-order valence-corrected chi connectivity index (χ0v) is 14.9. The number of benzene rings is 1. The number of halogens is 4. The molecule has 1 fully saturated rings. The van der Waals surface area contributed by atoms with Gasteiger partial charge in [0.2, 0.25) is 10.0 Å². The highest BCUT2D eigenvalue weighted by atomic mass is 32.2. The van der Waals surface area contributed by atoms with E-state index in [1.54, 1.807) is 4.90 Å². The van der Waals surface area contributed by atoms with Gasteiger partial charge in [-0.15, -0.1) is 0 Å². The number of hydrogen-bond donors (Lipinski definition) is 1. The Kier molecular flexibility index (Phi) is 5.38. The molecule has 0 aliphatic carbocycles. The van der Waals surface area contributed by atoms with Crippen molar-refractivity contribution in [1.29, 1.82) is 0 Å². The Morgan fingerprint density at radius 3 is 2.44 bits per heavy atom. The third-order valence-electron chi connectivity index (χ3n) is 4.20. The standard InChI is InChI=1S/C17H17F4N3O2S/c18-14-4-1-12(2-5-14)11-27(25,26)23-15-7-8-24(10-15)16-6-3-13(9-22-16)17(19,20)21/h1-6,9,15,23H,7-8,10-11H2. The molecule has 10 heteroatoms. The van der Waals surface area contributed by atoms with Gasteiger partial charge in [0.1, 0.15) is 11.6 Å². The topological polar surface area (TPSA) is 62.3 Å². The third-order valence-corrected chi connectivity index (χ3v) is 5.61. The van der Waals surface area contributed by atoms with Crippen molar-refractivity contribution in [3.8, 4) is 0 Å². The fourth-order valence-corrected chi connectivity index (χ4v) is 4.32. The first-order chi connectivity index (χ1) is 12.6. The molecular weight excluding hydrogens is 386 g/mol. The molecule has 0 amide bonds. The predicted octanol–water partition coefficient (Wildman–Crippen LogP) is 2.94. The van der Waals surface area contributed by atoms with Gasteiger partial charge in [-0.1, -0.05) is 12.1 Å². The molecule has 1 aromatic carbocycles. The van der Waals surface area contributed by atoms with Gasteiger partial charge in [0, 0.05) is 25.3 Å². The molecule has 5 nitrogen and oxygen atoms in total. The van der Waals surface area contributed by atoms with Crippen LogP contribution < -0.4 is 9.62 Å². The SMILES string of the molecule is O=S(=O)(Cc1ccc(F)cc1)NC1CCN(c2ccc(C(F)(F)F)cn2)C1. The summed E-state index contributed by atoms with van der Waals surface area (Å²) >= 11 is 0. The Hall–Kier alpha value is -2.20. The summed E-state index contributed by atoms with van der Waals surface area (Å²) in [6.07, 6.45) is -3.18. The van der Waals surface area contributed by atoms with E-state index in [1.165, 1.54) is 30.3 Å². The van der Waals surface area contributed by atoms with E-state index in [-0.39, 0.29) is 11.8 Å². The number of hydrogen-bond acceptors (Lipinski definition) is 4. The minimum Gasteiger partial charge on any atom is -0.355 e. The van der Waals surface area contributed by atoms with Gasteiger partial charge >= 0.3 is 6.18 Å². The lowest BCUT2D eigenvalue weighted by atomic mass is 10.2. The molecule has 0 radical (unpaired) electrons. The van der Waals surface area contributed by atoms with Crippen molar-refractivity contribution in [3.05, 3.63) is 59.5 Å². The van der Waals surface area contributed by atoms with Crippen LogP contribution in [0.4, 0.5) is 23.4 Å². The van der Waals surface area contributed by atoms with E-state index in [1.807, 2.05) is 0 Å². The fourth-order valence-electron chi connectivity index (χ4n) is 2.90. The van der Waals surface area contributed by atoms with E-state index >= 15 is 0 Å². The summed E-state index contributed by atoms with van der Waals surface area (Å²) in [5.74, 6) is -0.356. The molecule has 0 saturated carbocycles. The first kappa shape index (κ1) is 19.6. The first-order valence-corrected chi connectivity index (χ1v) is 9.80. The van der Waals surface area contributed by atoms with Crippen molar-refractivity contribution >= 4 is 15.8 Å². The molecule has 2 aromatic rings. The highest BCUT2D eigenvalue weighted by Gasteiger charge is 2.32. The Balaban J connectivity index is 1.59. The summed E-state index contributed by atoms with van der Waals surface area (Å²) in [6, 6.07) is 7.05. The molecule has 1 aliphatic heterocycles. The maximum absolute atomic E-state index is 12.9. The number of alkyl halides is 3. The van der Waals surface area contributed by atoms with Crippen LogP contribution in [0.5, 0.6) is 0 Å². The van der Waals surface area contributed by atoms with Crippen LogP contribution in [0.2, 0.25) is 0 Å². The predicted molar refractivity (Wildman–Crippen MR) is 92.0 cm³/mol. The Labute approximate surface area is 154 Å². The summed E-state index contributed by atoms with van der Waals surface area (Å²) in [4.78, 5) is 5.55. The molecular formula is C17H17F4N3O2S. The second-order valence-electron chi connectivity index (χ2n) is 6.34. The van der Waals surface area contributed by atoms with E-state index in [4.69, 9.17) is 0 Å². The van der Waals surface area contributed by atoms with Crippen molar-refractivity contribution in [1.82, 2.24) is 9.71 Å². The van der Waals surface area contributed by atoms with E-state index in [9.17, 15) is 26.0 Å². The quantitative estimate of drug-likeness (QED) is 0.780. The number of anilines is 1. The number of nitrogens with one attached hydrogen (secondary N) is 1. The summed E-state index contributed by atoms with van der Waals surface area (Å²) in [5.41, 5.74) is -0.370. The van der Waals surface area contributed by atoms with Crippen LogP contribution in [-0.2, 0) is 22.0 Å². The third kappa shape index (κ3) is 5.16. The molecule has 1 saturated heterocycles. The van der Waals surface area contributed by atoms with Gasteiger partial charge in [0.05, 0.1) is 11.3 Å². The lowest BCUT2D eigenvalue weighted by molar-refractivity contribution is -0.137. The zero-order chi connectivity index (χ0) is 19.7. The molecule has 1 aliphatic rings. The molecule has 1 atom stereocenters. The molecule has 146 valence electrons. The number of sulfonamides is 1. The van der Waals surface area contributed by atoms with Crippen molar-refractivity contribution < 1.29 is 26.0 Å². The smallest absolute Gasteiger partial charge is 0.355 e. The lowest BCUT2D eigenvalue weighted by Crippen LogP contribution is -2.37. The number of rotatable bonds is 5. The molecule has 1 aromatic heterocycles. The largest absolute Gasteiger partial charge is 0.417 e. The maximum Gasteiger partial charge on any atom is 0.417 e. The van der Waals surface area contributed by atoms with Crippen molar-refractivity contribution in [2.45, 2.75) is 24.4 Å². The molecule has 1 N–H and O–H groups in total. The summed E-state index contributed by atoms with van der Waals surface area (Å²) in [7, 11) is -3.63. The highest BCUT2D eigenvalue weighted by molar-refractivity contribution is 7.88. The Bertz CT molecular complexity index is 884. The summed E-state index contributed by atoms with van der Waals surface area (Å²) in [5, 5.41) is 0. The van der Waals surface area contributed by atoms with Crippen molar-refractivity contribution in [3.63, 3.8) is 0 Å². The van der Waals surface area contributed by atoms with Crippen molar-refractivity contribution in [2.75, 3.05) is 18.0 Å². The minimum atomic E-state index is -4.45. The zero-order valence-electron chi connectivity index (χ0n) is 14.1. The fraction of sp³-hybridized carbons (Fsp3) is 0.353. The molecule has 27 heavy (non-hydrogen) atoms. The highest BCUT2D eigenvalue weighted by Crippen LogP contribution is 2.30. The van der Waals surface area contributed by atoms with Crippen LogP contribution in [0.15, 0.2) is 42.6 Å². The summed E-state index contributed by atoms with van der Waals surface area (Å²) in [6.45, 7) is 0.781. The normalized spacial score (nSPS) is 18.1. The molecule has 0 bridgehead atoms. The van der Waals surface area contributed by atoms with Crippen LogP contribution in [0.25, 0.3) is 0 Å². The van der Waals surface area contributed by atoms with Gasteiger partial charge in [-0.25, -0.2) is 22.5 Å². The molecule has 3 rings (SSSR count). The average Bonchev–Trinajstić information content (AvgIpc) is 3.04. The molecule has 0 spiro atoms. The monoisotopic (exact) mass is 403 g/mol. The summed E-state index contributed by atoms with van der Waals surface area (Å²) < 4.78 is 77.8. The Morgan fingerprint density at radius 1 is 1.15 bits per heavy atom. The minimum absolute atomic E-state index is 0.275.